The Balaban J connectivity index is 2.02. The Morgan fingerprint density at radius 1 is 1.39 bits per heavy atom. The number of hydrogen-bond donors (Lipinski definition) is 2. The average molecular weight is 249 g/mol. The van der Waals surface area contributed by atoms with Gasteiger partial charge in [-0.05, 0) is 58.3 Å². The van der Waals surface area contributed by atoms with E-state index in [4.69, 9.17) is 4.74 Å². The molecule has 1 aromatic heterocycles. The lowest BCUT2D eigenvalue weighted by Gasteiger charge is -2.20. The number of anilines is 1. The van der Waals surface area contributed by atoms with E-state index in [1.54, 1.807) is 6.20 Å². The number of pyridine rings is 1. The summed E-state index contributed by atoms with van der Waals surface area (Å²) in [6, 6.07) is 4.51. The van der Waals surface area contributed by atoms with Crippen LogP contribution in [0, 0.1) is 0 Å². The molecule has 0 saturated carbocycles. The summed E-state index contributed by atoms with van der Waals surface area (Å²) in [5.41, 5.74) is 1.01. The van der Waals surface area contributed by atoms with Crippen molar-refractivity contribution in [3.63, 3.8) is 0 Å². The zero-order chi connectivity index (χ0) is 12.8. The highest BCUT2D eigenvalue weighted by Gasteiger charge is 2.14. The van der Waals surface area contributed by atoms with Crippen molar-refractivity contribution in [2.24, 2.45) is 0 Å². The molecule has 1 aliphatic rings. The van der Waals surface area contributed by atoms with Crippen molar-refractivity contribution in [1.82, 2.24) is 10.3 Å². The van der Waals surface area contributed by atoms with Gasteiger partial charge in [0.1, 0.15) is 0 Å². The monoisotopic (exact) mass is 249 g/mol. The zero-order valence-electron chi connectivity index (χ0n) is 11.3. The summed E-state index contributed by atoms with van der Waals surface area (Å²) in [6.45, 7) is 6.25. The van der Waals surface area contributed by atoms with E-state index in [2.05, 4.69) is 15.6 Å². The Morgan fingerprint density at radius 2 is 2.28 bits per heavy atom. The number of hydrogen-bond acceptors (Lipinski definition) is 4. The van der Waals surface area contributed by atoms with Crippen molar-refractivity contribution in [3.8, 4) is 5.88 Å². The van der Waals surface area contributed by atoms with E-state index >= 15 is 0 Å². The van der Waals surface area contributed by atoms with Crippen molar-refractivity contribution in [2.75, 3.05) is 18.4 Å². The van der Waals surface area contributed by atoms with Crippen molar-refractivity contribution in [2.45, 2.75) is 45.3 Å². The van der Waals surface area contributed by atoms with Gasteiger partial charge in [-0.2, -0.15) is 0 Å². The normalized spacial score (nSPS) is 20.5. The Labute approximate surface area is 109 Å². The minimum Gasteiger partial charge on any atom is -0.473 e. The molecular weight excluding hydrogens is 226 g/mol. The first-order chi connectivity index (χ1) is 8.75. The van der Waals surface area contributed by atoms with Crippen molar-refractivity contribution in [1.29, 1.82) is 0 Å². The quantitative estimate of drug-likeness (QED) is 0.860. The smallest absolute Gasteiger partial charge is 0.237 e. The van der Waals surface area contributed by atoms with Gasteiger partial charge in [0.25, 0.3) is 0 Å². The van der Waals surface area contributed by atoms with E-state index in [0.717, 1.165) is 25.2 Å². The van der Waals surface area contributed by atoms with Crippen LogP contribution in [0.15, 0.2) is 18.3 Å². The third-order valence-corrected chi connectivity index (χ3v) is 3.05. The van der Waals surface area contributed by atoms with Crippen LogP contribution in [0.1, 0.15) is 33.1 Å². The molecule has 1 aliphatic heterocycles. The molecule has 0 aromatic carbocycles. The second kappa shape index (κ2) is 6.59. The molecule has 1 saturated heterocycles. The summed E-state index contributed by atoms with van der Waals surface area (Å²) in [5.74, 6) is 0.713. The van der Waals surface area contributed by atoms with Gasteiger partial charge < -0.3 is 15.4 Å². The van der Waals surface area contributed by atoms with E-state index in [1.165, 1.54) is 12.8 Å². The maximum Gasteiger partial charge on any atom is 0.237 e. The van der Waals surface area contributed by atoms with Crippen molar-refractivity contribution < 1.29 is 4.74 Å². The molecule has 1 atom stereocenters. The number of ether oxygens (including phenoxy) is 1. The summed E-state index contributed by atoms with van der Waals surface area (Å²) >= 11 is 0. The molecule has 2 rings (SSSR count). The summed E-state index contributed by atoms with van der Waals surface area (Å²) in [6.07, 6.45) is 5.49. The summed E-state index contributed by atoms with van der Waals surface area (Å²) in [7, 11) is 0. The zero-order valence-corrected chi connectivity index (χ0v) is 11.3. The molecule has 0 radical (unpaired) electrons. The SMILES string of the molecule is CC(C)Oc1ncccc1NC1CCCNCC1. The summed E-state index contributed by atoms with van der Waals surface area (Å²) < 4.78 is 5.73. The fourth-order valence-electron chi connectivity index (χ4n) is 2.20. The van der Waals surface area contributed by atoms with Gasteiger partial charge in [-0.15, -0.1) is 0 Å². The fourth-order valence-corrected chi connectivity index (χ4v) is 2.20. The average Bonchev–Trinajstić information content (AvgIpc) is 2.60. The molecule has 4 nitrogen and oxygen atoms in total. The van der Waals surface area contributed by atoms with Gasteiger partial charge in [0.15, 0.2) is 0 Å². The van der Waals surface area contributed by atoms with E-state index in [1.807, 2.05) is 26.0 Å². The van der Waals surface area contributed by atoms with Crippen LogP contribution in [0.2, 0.25) is 0 Å². The van der Waals surface area contributed by atoms with Crippen molar-refractivity contribution in [3.05, 3.63) is 18.3 Å². The van der Waals surface area contributed by atoms with Crippen LogP contribution < -0.4 is 15.4 Å². The molecule has 1 aromatic rings. The van der Waals surface area contributed by atoms with Crippen LogP contribution in [-0.4, -0.2) is 30.2 Å². The molecule has 0 spiro atoms. The molecular formula is C14H23N3O. The topological polar surface area (TPSA) is 46.2 Å². The number of nitrogens with zero attached hydrogens (tertiary/aromatic N) is 1. The molecule has 18 heavy (non-hydrogen) atoms. The highest BCUT2D eigenvalue weighted by atomic mass is 16.5. The third-order valence-electron chi connectivity index (χ3n) is 3.05. The molecule has 100 valence electrons. The molecule has 0 bridgehead atoms. The van der Waals surface area contributed by atoms with Crippen LogP contribution in [0.3, 0.4) is 0 Å². The van der Waals surface area contributed by atoms with Crippen LogP contribution in [0.5, 0.6) is 5.88 Å². The second-order valence-corrected chi connectivity index (χ2v) is 5.04. The van der Waals surface area contributed by atoms with Gasteiger partial charge in [-0.25, -0.2) is 4.98 Å². The molecule has 2 heterocycles. The van der Waals surface area contributed by atoms with E-state index in [-0.39, 0.29) is 6.10 Å². The van der Waals surface area contributed by atoms with E-state index < -0.39 is 0 Å². The highest BCUT2D eigenvalue weighted by molar-refractivity contribution is 5.52. The van der Waals surface area contributed by atoms with E-state index in [0.29, 0.717) is 11.9 Å². The third kappa shape index (κ3) is 3.88. The molecule has 0 aliphatic carbocycles. The van der Waals surface area contributed by atoms with Gasteiger partial charge >= 0.3 is 0 Å². The van der Waals surface area contributed by atoms with Gasteiger partial charge in [-0.3, -0.25) is 0 Å². The van der Waals surface area contributed by atoms with Gasteiger partial charge in [0.05, 0.1) is 11.8 Å². The lowest BCUT2D eigenvalue weighted by molar-refractivity contribution is 0.234. The van der Waals surface area contributed by atoms with Gasteiger partial charge in [0.2, 0.25) is 5.88 Å². The van der Waals surface area contributed by atoms with E-state index in [9.17, 15) is 0 Å². The second-order valence-electron chi connectivity index (χ2n) is 5.04. The largest absolute Gasteiger partial charge is 0.473 e. The highest BCUT2D eigenvalue weighted by Crippen LogP contribution is 2.24. The predicted octanol–water partition coefficient (Wildman–Crippen LogP) is 2.42. The Bertz CT molecular complexity index is 360. The Hall–Kier alpha value is -1.29. The maximum atomic E-state index is 5.73. The fraction of sp³-hybridized carbons (Fsp3) is 0.643. The number of nitrogens with one attached hydrogen (secondary N) is 2. The first-order valence-electron chi connectivity index (χ1n) is 6.84. The lowest BCUT2D eigenvalue weighted by Crippen LogP contribution is -2.22. The Morgan fingerprint density at radius 3 is 3.11 bits per heavy atom. The van der Waals surface area contributed by atoms with Crippen LogP contribution in [0.25, 0.3) is 0 Å². The number of aromatic nitrogens is 1. The number of rotatable bonds is 4. The van der Waals surface area contributed by atoms with Crippen LogP contribution in [0.4, 0.5) is 5.69 Å². The molecule has 1 unspecified atom stereocenters. The minimum atomic E-state index is 0.149. The first-order valence-corrected chi connectivity index (χ1v) is 6.84. The molecule has 2 N–H and O–H groups in total. The maximum absolute atomic E-state index is 5.73. The predicted molar refractivity (Wildman–Crippen MR) is 74.1 cm³/mol. The standard InChI is InChI=1S/C14H23N3O/c1-11(2)18-14-13(6-4-9-16-14)17-12-5-3-8-15-10-7-12/h4,6,9,11-12,15,17H,3,5,7-8,10H2,1-2H3. The van der Waals surface area contributed by atoms with Crippen LogP contribution in [-0.2, 0) is 0 Å². The van der Waals surface area contributed by atoms with Crippen LogP contribution >= 0.6 is 0 Å². The Kier molecular flexibility index (Phi) is 4.81. The summed E-state index contributed by atoms with van der Waals surface area (Å²) in [5, 5.41) is 6.99. The summed E-state index contributed by atoms with van der Waals surface area (Å²) in [4.78, 5) is 4.31. The minimum absolute atomic E-state index is 0.149. The molecule has 4 heteroatoms. The van der Waals surface area contributed by atoms with Gasteiger partial charge in [0, 0.05) is 12.2 Å². The lowest BCUT2D eigenvalue weighted by atomic mass is 10.1. The molecule has 1 fully saturated rings. The molecule has 0 amide bonds. The van der Waals surface area contributed by atoms with Gasteiger partial charge in [-0.1, -0.05) is 0 Å². The first kappa shape index (κ1) is 13.1. The van der Waals surface area contributed by atoms with Crippen molar-refractivity contribution >= 4 is 5.69 Å².